The first-order valence-corrected chi connectivity index (χ1v) is 6.22. The molecule has 2 fully saturated rings. The van der Waals surface area contributed by atoms with Gasteiger partial charge in [0.1, 0.15) is 0 Å². The molecule has 1 saturated carbocycles. The van der Waals surface area contributed by atoms with Crippen LogP contribution in [0.1, 0.15) is 33.1 Å². The molecule has 0 aromatic rings. The van der Waals surface area contributed by atoms with Crippen molar-refractivity contribution in [1.29, 1.82) is 0 Å². The third kappa shape index (κ3) is 2.52. The SMILES string of the molecule is COC1CCC(N2CC(C)NCC2C)C1. The molecule has 88 valence electrons. The summed E-state index contributed by atoms with van der Waals surface area (Å²) in [5.74, 6) is 0. The van der Waals surface area contributed by atoms with E-state index in [4.69, 9.17) is 4.74 Å². The zero-order chi connectivity index (χ0) is 10.8. The van der Waals surface area contributed by atoms with E-state index in [0.29, 0.717) is 18.2 Å². The molecule has 0 spiro atoms. The summed E-state index contributed by atoms with van der Waals surface area (Å²) in [6, 6.07) is 2.08. The van der Waals surface area contributed by atoms with Crippen LogP contribution in [0.2, 0.25) is 0 Å². The lowest BCUT2D eigenvalue weighted by Gasteiger charge is -2.41. The van der Waals surface area contributed by atoms with Crippen molar-refractivity contribution in [2.24, 2.45) is 0 Å². The Labute approximate surface area is 93.2 Å². The molecule has 0 amide bonds. The van der Waals surface area contributed by atoms with Gasteiger partial charge in [0.25, 0.3) is 0 Å². The van der Waals surface area contributed by atoms with Crippen LogP contribution in [0, 0.1) is 0 Å². The van der Waals surface area contributed by atoms with Crippen LogP contribution >= 0.6 is 0 Å². The van der Waals surface area contributed by atoms with Gasteiger partial charge in [-0.1, -0.05) is 0 Å². The summed E-state index contributed by atoms with van der Waals surface area (Å²) in [7, 11) is 1.84. The van der Waals surface area contributed by atoms with Crippen molar-refractivity contribution in [1.82, 2.24) is 10.2 Å². The summed E-state index contributed by atoms with van der Waals surface area (Å²) in [6.45, 7) is 6.94. The molecular formula is C12H24N2O. The van der Waals surface area contributed by atoms with Gasteiger partial charge in [-0.05, 0) is 33.1 Å². The largest absolute Gasteiger partial charge is 0.381 e. The number of rotatable bonds is 2. The summed E-state index contributed by atoms with van der Waals surface area (Å²) < 4.78 is 5.45. The number of nitrogens with one attached hydrogen (secondary N) is 1. The fourth-order valence-corrected chi connectivity index (χ4v) is 2.99. The lowest BCUT2D eigenvalue weighted by Crippen LogP contribution is -2.57. The van der Waals surface area contributed by atoms with Gasteiger partial charge in [0.2, 0.25) is 0 Å². The molecule has 15 heavy (non-hydrogen) atoms. The van der Waals surface area contributed by atoms with Crippen LogP contribution < -0.4 is 5.32 Å². The van der Waals surface area contributed by atoms with E-state index in [1.54, 1.807) is 0 Å². The van der Waals surface area contributed by atoms with E-state index in [1.165, 1.54) is 25.8 Å². The van der Waals surface area contributed by atoms with Gasteiger partial charge in [0, 0.05) is 38.3 Å². The number of methoxy groups -OCH3 is 1. The normalized spacial score (nSPS) is 43.4. The van der Waals surface area contributed by atoms with E-state index >= 15 is 0 Å². The first-order valence-electron chi connectivity index (χ1n) is 6.22. The van der Waals surface area contributed by atoms with Gasteiger partial charge in [-0.3, -0.25) is 4.90 Å². The summed E-state index contributed by atoms with van der Waals surface area (Å²) >= 11 is 0. The number of hydrogen-bond acceptors (Lipinski definition) is 3. The van der Waals surface area contributed by atoms with Crippen molar-refractivity contribution in [3.8, 4) is 0 Å². The first kappa shape index (κ1) is 11.4. The van der Waals surface area contributed by atoms with Crippen LogP contribution in [0.5, 0.6) is 0 Å². The Balaban J connectivity index is 1.91. The molecule has 2 aliphatic rings. The third-order valence-electron chi connectivity index (χ3n) is 3.97. The predicted molar refractivity (Wildman–Crippen MR) is 62.1 cm³/mol. The van der Waals surface area contributed by atoms with Gasteiger partial charge >= 0.3 is 0 Å². The summed E-state index contributed by atoms with van der Waals surface area (Å²) in [5.41, 5.74) is 0. The van der Waals surface area contributed by atoms with Crippen LogP contribution in [0.4, 0.5) is 0 Å². The van der Waals surface area contributed by atoms with E-state index in [0.717, 1.165) is 12.6 Å². The van der Waals surface area contributed by atoms with Crippen molar-refractivity contribution in [3.63, 3.8) is 0 Å². The van der Waals surface area contributed by atoms with Crippen molar-refractivity contribution >= 4 is 0 Å². The molecule has 2 rings (SSSR count). The van der Waals surface area contributed by atoms with Crippen LogP contribution in [-0.2, 0) is 4.74 Å². The van der Waals surface area contributed by atoms with Crippen molar-refractivity contribution < 1.29 is 4.74 Å². The molecule has 4 atom stereocenters. The molecular weight excluding hydrogens is 188 g/mol. The van der Waals surface area contributed by atoms with Crippen molar-refractivity contribution in [2.45, 2.75) is 57.3 Å². The van der Waals surface area contributed by atoms with E-state index in [1.807, 2.05) is 7.11 Å². The Kier molecular flexibility index (Phi) is 3.65. The van der Waals surface area contributed by atoms with E-state index < -0.39 is 0 Å². The molecule has 0 bridgehead atoms. The molecule has 0 aromatic heterocycles. The van der Waals surface area contributed by atoms with Gasteiger partial charge < -0.3 is 10.1 Å². The van der Waals surface area contributed by atoms with Crippen LogP contribution in [-0.4, -0.2) is 49.3 Å². The second kappa shape index (κ2) is 4.81. The van der Waals surface area contributed by atoms with Gasteiger partial charge in [0.15, 0.2) is 0 Å². The van der Waals surface area contributed by atoms with Crippen molar-refractivity contribution in [3.05, 3.63) is 0 Å². The van der Waals surface area contributed by atoms with E-state index in [9.17, 15) is 0 Å². The van der Waals surface area contributed by atoms with E-state index in [-0.39, 0.29) is 0 Å². The highest BCUT2D eigenvalue weighted by molar-refractivity contribution is 4.90. The summed E-state index contributed by atoms with van der Waals surface area (Å²) in [4.78, 5) is 2.68. The summed E-state index contributed by atoms with van der Waals surface area (Å²) in [5, 5.41) is 3.54. The summed E-state index contributed by atoms with van der Waals surface area (Å²) in [6.07, 6.45) is 4.29. The zero-order valence-corrected chi connectivity index (χ0v) is 10.2. The number of piperazine rings is 1. The smallest absolute Gasteiger partial charge is 0.0586 e. The predicted octanol–water partition coefficient (Wildman–Crippen LogP) is 1.24. The molecule has 1 heterocycles. The number of nitrogens with zero attached hydrogens (tertiary/aromatic N) is 1. The minimum Gasteiger partial charge on any atom is -0.381 e. The first-order chi connectivity index (χ1) is 7.20. The monoisotopic (exact) mass is 212 g/mol. The van der Waals surface area contributed by atoms with Gasteiger partial charge in [-0.25, -0.2) is 0 Å². The second-order valence-corrected chi connectivity index (χ2v) is 5.18. The maximum atomic E-state index is 5.45. The lowest BCUT2D eigenvalue weighted by atomic mass is 10.1. The fourth-order valence-electron chi connectivity index (χ4n) is 2.99. The minimum absolute atomic E-state index is 0.507. The molecule has 1 N–H and O–H groups in total. The Bertz CT molecular complexity index is 210. The Hall–Kier alpha value is -0.120. The Morgan fingerprint density at radius 1 is 1.27 bits per heavy atom. The van der Waals surface area contributed by atoms with Crippen LogP contribution in [0.25, 0.3) is 0 Å². The third-order valence-corrected chi connectivity index (χ3v) is 3.97. The molecule has 4 unspecified atom stereocenters. The average Bonchev–Trinajstić information content (AvgIpc) is 2.70. The lowest BCUT2D eigenvalue weighted by molar-refractivity contribution is 0.0709. The maximum Gasteiger partial charge on any atom is 0.0586 e. The van der Waals surface area contributed by atoms with Gasteiger partial charge in [0.05, 0.1) is 6.10 Å². The molecule has 1 aliphatic heterocycles. The van der Waals surface area contributed by atoms with Crippen LogP contribution in [0.15, 0.2) is 0 Å². The van der Waals surface area contributed by atoms with Crippen molar-refractivity contribution in [2.75, 3.05) is 20.2 Å². The highest BCUT2D eigenvalue weighted by Crippen LogP contribution is 2.28. The Morgan fingerprint density at radius 2 is 2.07 bits per heavy atom. The fraction of sp³-hybridized carbons (Fsp3) is 1.00. The second-order valence-electron chi connectivity index (χ2n) is 5.18. The standard InChI is InChI=1S/C12H24N2O/c1-9-8-14(10(2)7-13-9)11-4-5-12(6-11)15-3/h9-13H,4-8H2,1-3H3. The van der Waals surface area contributed by atoms with Gasteiger partial charge in [-0.15, -0.1) is 0 Å². The molecule has 3 heteroatoms. The van der Waals surface area contributed by atoms with Crippen LogP contribution in [0.3, 0.4) is 0 Å². The minimum atomic E-state index is 0.507. The molecule has 3 nitrogen and oxygen atoms in total. The highest BCUT2D eigenvalue weighted by atomic mass is 16.5. The number of hydrogen-bond donors (Lipinski definition) is 1. The van der Waals surface area contributed by atoms with E-state index in [2.05, 4.69) is 24.1 Å². The number of ether oxygens (including phenoxy) is 1. The maximum absolute atomic E-state index is 5.45. The molecule has 1 aliphatic carbocycles. The molecule has 0 aromatic carbocycles. The van der Waals surface area contributed by atoms with Gasteiger partial charge in [-0.2, -0.15) is 0 Å². The molecule has 0 radical (unpaired) electrons. The Morgan fingerprint density at radius 3 is 2.73 bits per heavy atom. The topological polar surface area (TPSA) is 24.5 Å². The quantitative estimate of drug-likeness (QED) is 0.745. The average molecular weight is 212 g/mol. The highest BCUT2D eigenvalue weighted by Gasteiger charge is 2.34. The zero-order valence-electron chi connectivity index (χ0n) is 10.2. The molecule has 1 saturated heterocycles.